The lowest BCUT2D eigenvalue weighted by molar-refractivity contribution is 0.0681. The Bertz CT molecular complexity index is 583. The van der Waals surface area contributed by atoms with Gasteiger partial charge in [0.05, 0.1) is 11.7 Å². The predicted octanol–water partition coefficient (Wildman–Crippen LogP) is 2.94. The Morgan fingerprint density at radius 3 is 2.60 bits per heavy atom. The number of primary amides is 1. The van der Waals surface area contributed by atoms with Gasteiger partial charge >= 0.3 is 0 Å². The molecule has 1 aliphatic rings. The monoisotopic (exact) mass is 349 g/mol. The molecule has 1 aromatic heterocycles. The molecule has 0 aromatic carbocycles. The molecule has 25 heavy (non-hydrogen) atoms. The van der Waals surface area contributed by atoms with Gasteiger partial charge in [-0.3, -0.25) is 4.79 Å². The van der Waals surface area contributed by atoms with Crippen LogP contribution in [0.4, 0.5) is 11.8 Å². The lowest BCUT2D eigenvalue weighted by Crippen LogP contribution is -2.33. The Labute approximate surface area is 150 Å². The van der Waals surface area contributed by atoms with Gasteiger partial charge in [-0.1, -0.05) is 13.3 Å². The first kappa shape index (κ1) is 19.4. The molecular weight excluding hydrogens is 318 g/mol. The number of methoxy groups -OCH3 is 1. The first-order valence-electron chi connectivity index (χ1n) is 9.09. The molecule has 7 heteroatoms. The van der Waals surface area contributed by atoms with Crippen LogP contribution >= 0.6 is 0 Å². The Morgan fingerprint density at radius 1 is 1.36 bits per heavy atom. The molecule has 1 aromatic rings. The van der Waals surface area contributed by atoms with E-state index in [9.17, 15) is 4.79 Å². The average Bonchev–Trinajstić information content (AvgIpc) is 2.55. The molecule has 1 amide bonds. The number of nitrogens with zero attached hydrogens (tertiary/aromatic N) is 2. The normalized spacial score (nSPS) is 21.0. The topological polar surface area (TPSA) is 102 Å². The van der Waals surface area contributed by atoms with Gasteiger partial charge in [0.15, 0.2) is 0 Å². The molecule has 0 saturated heterocycles. The van der Waals surface area contributed by atoms with E-state index in [-0.39, 0.29) is 5.54 Å². The molecule has 2 rings (SSSR count). The Hall–Kier alpha value is -1.89. The smallest absolute Gasteiger partial charge is 0.254 e. The van der Waals surface area contributed by atoms with E-state index >= 15 is 0 Å². The number of nitrogens with one attached hydrogen (secondary N) is 2. The second-order valence-electron chi connectivity index (χ2n) is 7.43. The van der Waals surface area contributed by atoms with Gasteiger partial charge in [0.25, 0.3) is 5.91 Å². The number of amides is 1. The SMILES string of the molecule is CCCC(C)(C)Nc1nc(N[C@H]2CC[C@H](OC)CC2)ncc1C(N)=O. The van der Waals surface area contributed by atoms with E-state index < -0.39 is 5.91 Å². The zero-order valence-electron chi connectivity index (χ0n) is 15.8. The van der Waals surface area contributed by atoms with Crippen LogP contribution in [0.5, 0.6) is 0 Å². The molecule has 1 heterocycles. The fourth-order valence-corrected chi connectivity index (χ4v) is 3.36. The third-order valence-corrected chi connectivity index (χ3v) is 4.73. The minimum atomic E-state index is -0.526. The van der Waals surface area contributed by atoms with Gasteiger partial charge in [0.2, 0.25) is 5.95 Å². The number of anilines is 2. The van der Waals surface area contributed by atoms with E-state index in [1.54, 1.807) is 7.11 Å². The van der Waals surface area contributed by atoms with Crippen LogP contribution in [0.25, 0.3) is 0 Å². The number of aromatic nitrogens is 2. The number of carbonyl (C=O) groups is 1. The van der Waals surface area contributed by atoms with E-state index in [1.807, 2.05) is 0 Å². The summed E-state index contributed by atoms with van der Waals surface area (Å²) in [5, 5.41) is 6.73. The van der Waals surface area contributed by atoms with Crippen LogP contribution in [0.2, 0.25) is 0 Å². The van der Waals surface area contributed by atoms with Crippen LogP contribution in [-0.2, 0) is 4.74 Å². The fraction of sp³-hybridized carbons (Fsp3) is 0.722. The maximum Gasteiger partial charge on any atom is 0.254 e. The highest BCUT2D eigenvalue weighted by molar-refractivity contribution is 5.97. The molecule has 140 valence electrons. The summed E-state index contributed by atoms with van der Waals surface area (Å²) in [6, 6.07) is 0.322. The van der Waals surface area contributed by atoms with E-state index in [0.717, 1.165) is 38.5 Å². The summed E-state index contributed by atoms with van der Waals surface area (Å²) in [7, 11) is 1.76. The summed E-state index contributed by atoms with van der Waals surface area (Å²) in [4.78, 5) is 20.5. The molecule has 7 nitrogen and oxygen atoms in total. The molecule has 0 atom stereocenters. The number of ether oxygens (including phenoxy) is 1. The molecule has 0 bridgehead atoms. The predicted molar refractivity (Wildman–Crippen MR) is 99.8 cm³/mol. The Balaban J connectivity index is 2.12. The average molecular weight is 349 g/mol. The maximum absolute atomic E-state index is 11.7. The van der Waals surface area contributed by atoms with E-state index in [4.69, 9.17) is 10.5 Å². The van der Waals surface area contributed by atoms with E-state index in [1.165, 1.54) is 6.20 Å². The summed E-state index contributed by atoms with van der Waals surface area (Å²) in [5.41, 5.74) is 5.62. The minimum absolute atomic E-state index is 0.179. The molecule has 0 unspecified atom stereocenters. The van der Waals surface area contributed by atoms with Gasteiger partial charge in [-0.15, -0.1) is 0 Å². The first-order valence-corrected chi connectivity index (χ1v) is 9.09. The number of hydrogen-bond donors (Lipinski definition) is 3. The zero-order valence-corrected chi connectivity index (χ0v) is 15.8. The highest BCUT2D eigenvalue weighted by atomic mass is 16.5. The second-order valence-corrected chi connectivity index (χ2v) is 7.43. The van der Waals surface area contributed by atoms with Crippen LogP contribution in [0.3, 0.4) is 0 Å². The second kappa shape index (κ2) is 8.47. The van der Waals surface area contributed by atoms with Crippen molar-refractivity contribution in [2.75, 3.05) is 17.7 Å². The summed E-state index contributed by atoms with van der Waals surface area (Å²) >= 11 is 0. The number of carbonyl (C=O) groups excluding carboxylic acids is 1. The summed E-state index contributed by atoms with van der Waals surface area (Å²) in [6.07, 6.45) is 7.94. The third kappa shape index (κ3) is 5.56. The van der Waals surface area contributed by atoms with Crippen molar-refractivity contribution in [3.63, 3.8) is 0 Å². The molecule has 1 saturated carbocycles. The molecule has 0 aliphatic heterocycles. The van der Waals surface area contributed by atoms with Crippen LogP contribution in [-0.4, -0.2) is 40.7 Å². The molecule has 0 spiro atoms. The van der Waals surface area contributed by atoms with Gasteiger partial charge in [-0.05, 0) is 46.0 Å². The van der Waals surface area contributed by atoms with Gasteiger partial charge < -0.3 is 21.1 Å². The van der Waals surface area contributed by atoms with Gasteiger partial charge in [-0.2, -0.15) is 4.98 Å². The first-order chi connectivity index (χ1) is 11.8. The highest BCUT2D eigenvalue weighted by Crippen LogP contribution is 2.25. The number of nitrogens with two attached hydrogens (primary N) is 1. The van der Waals surface area contributed by atoms with Gasteiger partial charge in [0.1, 0.15) is 5.82 Å². The van der Waals surface area contributed by atoms with Crippen molar-refractivity contribution in [2.45, 2.75) is 77.0 Å². The number of rotatable bonds is 8. The van der Waals surface area contributed by atoms with Crippen LogP contribution in [0.15, 0.2) is 6.20 Å². The van der Waals surface area contributed by atoms with E-state index in [2.05, 4.69) is 41.4 Å². The van der Waals surface area contributed by atoms with Crippen molar-refractivity contribution in [3.8, 4) is 0 Å². The van der Waals surface area contributed by atoms with Crippen molar-refractivity contribution >= 4 is 17.7 Å². The molecule has 1 fully saturated rings. The lowest BCUT2D eigenvalue weighted by atomic mass is 9.93. The van der Waals surface area contributed by atoms with Crippen molar-refractivity contribution in [1.82, 2.24) is 9.97 Å². The van der Waals surface area contributed by atoms with Gasteiger partial charge in [0, 0.05) is 24.9 Å². The van der Waals surface area contributed by atoms with Crippen molar-refractivity contribution in [3.05, 3.63) is 11.8 Å². The van der Waals surface area contributed by atoms with Gasteiger partial charge in [-0.25, -0.2) is 4.98 Å². The maximum atomic E-state index is 11.7. The quantitative estimate of drug-likeness (QED) is 0.667. The summed E-state index contributed by atoms with van der Waals surface area (Å²) < 4.78 is 5.41. The number of hydrogen-bond acceptors (Lipinski definition) is 6. The standard InChI is InChI=1S/C18H31N5O2/c1-5-10-18(2,3)23-16-14(15(19)24)11-20-17(22-16)21-12-6-8-13(25-4)9-7-12/h11-13H,5-10H2,1-4H3,(H2,19,24)(H2,20,21,22,23)/t12-,13-. The molecular formula is C18H31N5O2. The highest BCUT2D eigenvalue weighted by Gasteiger charge is 2.24. The van der Waals surface area contributed by atoms with Crippen molar-refractivity contribution in [2.24, 2.45) is 5.73 Å². The largest absolute Gasteiger partial charge is 0.381 e. The van der Waals surface area contributed by atoms with Crippen molar-refractivity contribution < 1.29 is 9.53 Å². The Kier molecular flexibility index (Phi) is 6.58. The zero-order chi connectivity index (χ0) is 18.4. The lowest BCUT2D eigenvalue weighted by Gasteiger charge is -2.29. The van der Waals surface area contributed by atoms with E-state index in [0.29, 0.717) is 29.5 Å². The van der Waals surface area contributed by atoms with Crippen LogP contribution in [0, 0.1) is 0 Å². The minimum Gasteiger partial charge on any atom is -0.381 e. The van der Waals surface area contributed by atoms with Crippen LogP contribution in [0.1, 0.15) is 69.7 Å². The van der Waals surface area contributed by atoms with Crippen LogP contribution < -0.4 is 16.4 Å². The summed E-state index contributed by atoms with van der Waals surface area (Å²) in [6.45, 7) is 6.30. The molecule has 1 aliphatic carbocycles. The molecule has 4 N–H and O–H groups in total. The fourth-order valence-electron chi connectivity index (χ4n) is 3.36. The third-order valence-electron chi connectivity index (χ3n) is 4.73. The Morgan fingerprint density at radius 2 is 2.04 bits per heavy atom. The molecule has 0 radical (unpaired) electrons. The summed E-state index contributed by atoms with van der Waals surface area (Å²) in [5.74, 6) is 0.497. The van der Waals surface area contributed by atoms with Crippen molar-refractivity contribution in [1.29, 1.82) is 0 Å².